The van der Waals surface area contributed by atoms with Gasteiger partial charge < -0.3 is 41.0 Å². The highest BCUT2D eigenvalue weighted by molar-refractivity contribution is 5.86. The Morgan fingerprint density at radius 2 is 2.03 bits per heavy atom. The van der Waals surface area contributed by atoms with Crippen molar-refractivity contribution in [3.8, 4) is 11.8 Å². The first-order valence-electron chi connectivity index (χ1n) is 11.9. The van der Waals surface area contributed by atoms with Crippen molar-refractivity contribution in [2.24, 2.45) is 5.92 Å². The molecule has 1 aromatic heterocycles. The summed E-state index contributed by atoms with van der Waals surface area (Å²) >= 11 is 0. The van der Waals surface area contributed by atoms with Gasteiger partial charge in [0.05, 0.1) is 51.7 Å². The smallest absolute Gasteiger partial charge is 0.260 e. The number of carbonyl (C=O) groups excluding carboxylic acids is 1. The lowest BCUT2D eigenvalue weighted by Gasteiger charge is -2.53. The zero-order valence-corrected chi connectivity index (χ0v) is 21.3. The van der Waals surface area contributed by atoms with Crippen molar-refractivity contribution in [2.75, 3.05) is 33.3 Å². The van der Waals surface area contributed by atoms with E-state index in [1.165, 1.54) is 6.26 Å². The summed E-state index contributed by atoms with van der Waals surface area (Å²) in [5.74, 6) is 1.09. The van der Waals surface area contributed by atoms with E-state index in [-0.39, 0.29) is 41.1 Å². The number of piperidine rings is 3. The van der Waals surface area contributed by atoms with Crippen LogP contribution in [-0.4, -0.2) is 54.8 Å². The minimum atomic E-state index is -1.74. The first-order valence-corrected chi connectivity index (χ1v) is 11.9. The molecule has 3 saturated heterocycles. The van der Waals surface area contributed by atoms with Crippen LogP contribution in [0.3, 0.4) is 0 Å². The second-order valence-corrected chi connectivity index (χ2v) is 9.56. The van der Waals surface area contributed by atoms with E-state index in [4.69, 9.17) is 14.4 Å². The fraction of sp³-hybridized carbons (Fsp3) is 0.538. The van der Waals surface area contributed by atoms with Gasteiger partial charge in [-0.3, -0.25) is 4.79 Å². The van der Waals surface area contributed by atoms with Crippen molar-refractivity contribution >= 4 is 5.91 Å². The molecule has 184 valence electrons. The standard InChI is InChI=1S/C26H33N3O4.BrH/c1-32-22-8-6-20(7-9-22)10-13-26(31,24-5-4-18-33-24)25(30)28-23-19-29(15-3-2-14-27)16-11-21(23)12-17-29;/h4-9,18,21,23,31H,2-3,10-13,15-17,19H2,1H3;1H/t21?,23-,26?,29?;/m0./s1. The van der Waals surface area contributed by atoms with Gasteiger partial charge in [0.2, 0.25) is 5.60 Å². The van der Waals surface area contributed by atoms with Crippen molar-refractivity contribution in [3.63, 3.8) is 0 Å². The Kier molecular flexibility index (Phi) is 8.80. The van der Waals surface area contributed by atoms with E-state index in [9.17, 15) is 9.90 Å². The van der Waals surface area contributed by atoms with Crippen LogP contribution in [0.2, 0.25) is 0 Å². The molecular formula is C26H34BrN3O4. The molecule has 4 heterocycles. The number of hydrogen-bond donors (Lipinski definition) is 2. The molecule has 2 aromatic rings. The molecule has 7 nitrogen and oxygen atoms in total. The highest BCUT2D eigenvalue weighted by Gasteiger charge is 2.48. The number of hydrogen-bond acceptors (Lipinski definition) is 5. The lowest BCUT2D eigenvalue weighted by atomic mass is 9.80. The summed E-state index contributed by atoms with van der Waals surface area (Å²) < 4.78 is 11.7. The summed E-state index contributed by atoms with van der Waals surface area (Å²) in [4.78, 5) is 13.5. The average molecular weight is 532 g/mol. The Morgan fingerprint density at radius 3 is 2.65 bits per heavy atom. The molecule has 8 heteroatoms. The second kappa shape index (κ2) is 11.4. The first-order chi connectivity index (χ1) is 16.0. The van der Waals surface area contributed by atoms with Gasteiger partial charge in [0.1, 0.15) is 11.5 Å². The average Bonchev–Trinajstić information content (AvgIpc) is 3.39. The molecule has 2 N–H and O–H groups in total. The van der Waals surface area contributed by atoms with Crippen LogP contribution in [0.5, 0.6) is 5.75 Å². The zero-order valence-electron chi connectivity index (χ0n) is 19.7. The van der Waals surface area contributed by atoms with Gasteiger partial charge in [-0.2, -0.15) is 5.26 Å². The van der Waals surface area contributed by atoms with E-state index < -0.39 is 5.60 Å². The number of nitrogens with one attached hydrogen (secondary N) is 1. The molecule has 3 fully saturated rings. The predicted octanol–water partition coefficient (Wildman–Crippen LogP) is 0.142. The van der Waals surface area contributed by atoms with Gasteiger partial charge in [0.15, 0.2) is 0 Å². The third-order valence-electron chi connectivity index (χ3n) is 7.58. The summed E-state index contributed by atoms with van der Waals surface area (Å²) in [6.07, 6.45) is 5.84. The molecule has 1 unspecified atom stereocenters. The highest BCUT2D eigenvalue weighted by Crippen LogP contribution is 2.36. The van der Waals surface area contributed by atoms with Crippen LogP contribution in [0.15, 0.2) is 47.1 Å². The van der Waals surface area contributed by atoms with Gasteiger partial charge in [-0.05, 0) is 48.6 Å². The van der Waals surface area contributed by atoms with Crippen LogP contribution in [0.1, 0.15) is 43.4 Å². The number of methoxy groups -OCH3 is 1. The number of aliphatic hydroxyl groups is 1. The molecule has 0 aliphatic carbocycles. The SMILES string of the molecule is COc1ccc(CCC(O)(C(=O)N[C@H]2C[N+]3(CCCC#N)CCC2CC3)c2ccco2)cc1.[Br-]. The minimum Gasteiger partial charge on any atom is -1.00 e. The largest absolute Gasteiger partial charge is 1.00 e. The Bertz CT molecular complexity index is 965. The van der Waals surface area contributed by atoms with E-state index >= 15 is 0 Å². The quantitative estimate of drug-likeness (QED) is 0.336. The van der Waals surface area contributed by atoms with E-state index in [0.717, 1.165) is 61.2 Å². The topological polar surface area (TPSA) is 95.5 Å². The number of carbonyl (C=O) groups is 1. The predicted molar refractivity (Wildman–Crippen MR) is 123 cm³/mol. The van der Waals surface area contributed by atoms with E-state index in [0.29, 0.717) is 18.8 Å². The van der Waals surface area contributed by atoms with Gasteiger partial charge in [0.25, 0.3) is 5.91 Å². The molecule has 1 amide bonds. The zero-order chi connectivity index (χ0) is 23.3. The molecule has 0 spiro atoms. The van der Waals surface area contributed by atoms with Gasteiger partial charge >= 0.3 is 0 Å². The van der Waals surface area contributed by atoms with Crippen LogP contribution >= 0.6 is 0 Å². The number of rotatable bonds is 10. The van der Waals surface area contributed by atoms with Crippen LogP contribution in [0, 0.1) is 17.2 Å². The Balaban J connectivity index is 0.00000324. The lowest BCUT2D eigenvalue weighted by molar-refractivity contribution is -0.944. The molecule has 5 rings (SSSR count). The van der Waals surface area contributed by atoms with Crippen molar-refractivity contribution in [3.05, 3.63) is 54.0 Å². The van der Waals surface area contributed by atoms with Gasteiger partial charge in [-0.15, -0.1) is 0 Å². The Labute approximate surface area is 212 Å². The first kappa shape index (κ1) is 26.3. The Hall–Kier alpha value is -2.34. The van der Waals surface area contributed by atoms with Gasteiger partial charge in [-0.25, -0.2) is 0 Å². The van der Waals surface area contributed by atoms with Crippen molar-refractivity contribution in [1.29, 1.82) is 5.26 Å². The molecule has 2 bridgehead atoms. The van der Waals surface area contributed by atoms with E-state index in [2.05, 4.69) is 11.4 Å². The fourth-order valence-corrected chi connectivity index (χ4v) is 5.53. The maximum Gasteiger partial charge on any atom is 0.260 e. The van der Waals surface area contributed by atoms with Crippen molar-refractivity contribution < 1.29 is 40.5 Å². The summed E-state index contributed by atoms with van der Waals surface area (Å²) in [6.45, 7) is 4.08. The molecule has 1 aromatic carbocycles. The summed E-state index contributed by atoms with van der Waals surface area (Å²) in [6, 6.07) is 13.3. The van der Waals surface area contributed by atoms with Crippen molar-refractivity contribution in [2.45, 2.75) is 50.2 Å². The Morgan fingerprint density at radius 1 is 1.29 bits per heavy atom. The van der Waals surface area contributed by atoms with Crippen molar-refractivity contribution in [1.82, 2.24) is 5.32 Å². The van der Waals surface area contributed by atoms with Crippen LogP contribution in [0.25, 0.3) is 0 Å². The van der Waals surface area contributed by atoms with Crippen LogP contribution < -0.4 is 27.0 Å². The number of amides is 1. The molecule has 3 aliphatic heterocycles. The molecule has 34 heavy (non-hydrogen) atoms. The maximum atomic E-state index is 13.5. The number of unbranched alkanes of at least 4 members (excludes halogenated alkanes) is 1. The third-order valence-corrected chi connectivity index (χ3v) is 7.58. The number of nitriles is 1. The highest BCUT2D eigenvalue weighted by atomic mass is 79.9. The number of ether oxygens (including phenoxy) is 1. The minimum absolute atomic E-state index is 0. The van der Waals surface area contributed by atoms with E-state index in [1.54, 1.807) is 19.2 Å². The monoisotopic (exact) mass is 531 g/mol. The number of quaternary nitrogens is 1. The molecular weight excluding hydrogens is 498 g/mol. The van der Waals surface area contributed by atoms with Crippen LogP contribution in [-0.2, 0) is 16.8 Å². The number of fused-ring (bicyclic) bond motifs is 3. The summed E-state index contributed by atoms with van der Waals surface area (Å²) in [5.41, 5.74) is -0.723. The van der Waals surface area contributed by atoms with Gasteiger partial charge in [0, 0.05) is 25.7 Å². The molecule has 2 atom stereocenters. The molecule has 0 saturated carbocycles. The second-order valence-electron chi connectivity index (χ2n) is 9.56. The normalized spacial score (nSPS) is 25.0. The molecule has 3 aliphatic rings. The number of furan rings is 1. The summed E-state index contributed by atoms with van der Waals surface area (Å²) in [5, 5.41) is 23.7. The third kappa shape index (κ3) is 5.65. The maximum absolute atomic E-state index is 13.5. The number of nitrogens with zero attached hydrogens (tertiary/aromatic N) is 2. The molecule has 0 radical (unpaired) electrons. The van der Waals surface area contributed by atoms with Gasteiger partial charge in [-0.1, -0.05) is 12.1 Å². The number of benzene rings is 1. The van der Waals surface area contributed by atoms with Crippen LogP contribution in [0.4, 0.5) is 0 Å². The lowest BCUT2D eigenvalue weighted by Crippen LogP contribution is -3.00. The number of halogens is 1. The summed E-state index contributed by atoms with van der Waals surface area (Å²) in [7, 11) is 1.62. The number of aryl methyl sites for hydroxylation is 1. The van der Waals surface area contributed by atoms with E-state index in [1.807, 2.05) is 24.3 Å². The fourth-order valence-electron chi connectivity index (χ4n) is 5.53.